The molecule has 1 saturated heterocycles. The first-order valence-electron chi connectivity index (χ1n) is 9.14. The largest absolute Gasteiger partial charge is 0.493 e. The number of hydrogen-bond donors (Lipinski definition) is 1. The summed E-state index contributed by atoms with van der Waals surface area (Å²) in [5, 5.41) is 2.96. The van der Waals surface area contributed by atoms with E-state index >= 15 is 0 Å². The summed E-state index contributed by atoms with van der Waals surface area (Å²) in [7, 11) is 3.17. The molecule has 1 aliphatic rings. The summed E-state index contributed by atoms with van der Waals surface area (Å²) in [5.74, 6) is 1.24. The summed E-state index contributed by atoms with van der Waals surface area (Å²) in [6, 6.07) is 5.29. The fourth-order valence-electron chi connectivity index (χ4n) is 3.00. The van der Waals surface area contributed by atoms with Gasteiger partial charge in [-0.05, 0) is 31.5 Å². The van der Waals surface area contributed by atoms with E-state index in [0.29, 0.717) is 50.8 Å². The van der Waals surface area contributed by atoms with Gasteiger partial charge in [0.25, 0.3) is 0 Å². The fraction of sp³-hybridized carbons (Fsp3) is 0.579. The average molecular weight is 379 g/mol. The van der Waals surface area contributed by atoms with Gasteiger partial charge in [-0.2, -0.15) is 0 Å². The quantitative estimate of drug-likeness (QED) is 0.773. The van der Waals surface area contributed by atoms with Crippen LogP contribution in [0.15, 0.2) is 18.2 Å². The van der Waals surface area contributed by atoms with Crippen molar-refractivity contribution in [3.8, 4) is 11.5 Å². The van der Waals surface area contributed by atoms with Crippen LogP contribution in [0.1, 0.15) is 19.4 Å². The number of nitrogens with zero attached hydrogens (tertiary/aromatic N) is 2. The van der Waals surface area contributed by atoms with Gasteiger partial charge >= 0.3 is 6.09 Å². The van der Waals surface area contributed by atoms with E-state index in [1.165, 1.54) is 0 Å². The van der Waals surface area contributed by atoms with Crippen LogP contribution in [0.5, 0.6) is 11.5 Å². The molecule has 1 atom stereocenters. The van der Waals surface area contributed by atoms with E-state index in [4.69, 9.17) is 14.2 Å². The summed E-state index contributed by atoms with van der Waals surface area (Å²) in [4.78, 5) is 28.0. The Morgan fingerprint density at radius 2 is 1.78 bits per heavy atom. The van der Waals surface area contributed by atoms with Gasteiger partial charge in [-0.1, -0.05) is 6.07 Å². The second-order valence-corrected chi connectivity index (χ2v) is 6.31. The van der Waals surface area contributed by atoms with Crippen LogP contribution in [0.25, 0.3) is 0 Å². The summed E-state index contributed by atoms with van der Waals surface area (Å²) in [5.41, 5.74) is 0.931. The Bertz CT molecular complexity index is 644. The first kappa shape index (κ1) is 20.8. The highest BCUT2D eigenvalue weighted by atomic mass is 16.6. The molecule has 8 heteroatoms. The van der Waals surface area contributed by atoms with E-state index in [0.717, 1.165) is 5.56 Å². The lowest BCUT2D eigenvalue weighted by atomic mass is 10.1. The number of nitrogens with one attached hydrogen (secondary N) is 1. The topological polar surface area (TPSA) is 80.3 Å². The lowest BCUT2D eigenvalue weighted by molar-refractivity contribution is -0.126. The van der Waals surface area contributed by atoms with Crippen molar-refractivity contribution in [1.29, 1.82) is 0 Å². The van der Waals surface area contributed by atoms with Crippen LogP contribution in [-0.4, -0.2) is 74.8 Å². The highest BCUT2D eigenvalue weighted by molar-refractivity contribution is 5.81. The zero-order valence-electron chi connectivity index (χ0n) is 16.5. The van der Waals surface area contributed by atoms with Crippen molar-refractivity contribution in [2.24, 2.45) is 0 Å². The van der Waals surface area contributed by atoms with Crippen molar-refractivity contribution in [3.05, 3.63) is 23.8 Å². The van der Waals surface area contributed by atoms with Crippen LogP contribution >= 0.6 is 0 Å². The lowest BCUT2D eigenvalue weighted by Crippen LogP contribution is -2.55. The number of rotatable bonds is 7. The average Bonchev–Trinajstić information content (AvgIpc) is 2.71. The van der Waals surface area contributed by atoms with E-state index in [-0.39, 0.29) is 18.0 Å². The van der Waals surface area contributed by atoms with E-state index in [1.807, 2.05) is 25.1 Å². The second-order valence-electron chi connectivity index (χ2n) is 6.31. The van der Waals surface area contributed by atoms with E-state index in [9.17, 15) is 9.59 Å². The number of ether oxygens (including phenoxy) is 3. The maximum Gasteiger partial charge on any atom is 0.409 e. The van der Waals surface area contributed by atoms with Crippen molar-refractivity contribution in [1.82, 2.24) is 15.1 Å². The highest BCUT2D eigenvalue weighted by Crippen LogP contribution is 2.27. The Morgan fingerprint density at radius 3 is 2.37 bits per heavy atom. The number of carbonyl (C=O) groups excluding carboxylic acids is 2. The molecular formula is C19H29N3O5. The number of benzene rings is 1. The van der Waals surface area contributed by atoms with E-state index < -0.39 is 0 Å². The fourth-order valence-corrected chi connectivity index (χ4v) is 3.00. The Labute approximate surface area is 160 Å². The highest BCUT2D eigenvalue weighted by Gasteiger charge is 2.27. The predicted octanol–water partition coefficient (Wildman–Crippen LogP) is 1.48. The Hall–Kier alpha value is -2.48. The number of hydrogen-bond acceptors (Lipinski definition) is 6. The van der Waals surface area contributed by atoms with Gasteiger partial charge in [0.05, 0.1) is 26.9 Å². The predicted molar refractivity (Wildman–Crippen MR) is 101 cm³/mol. The normalized spacial score (nSPS) is 15.8. The van der Waals surface area contributed by atoms with Crippen LogP contribution in [-0.2, 0) is 16.1 Å². The molecule has 8 nitrogen and oxygen atoms in total. The first-order valence-corrected chi connectivity index (χ1v) is 9.14. The van der Waals surface area contributed by atoms with Crippen molar-refractivity contribution >= 4 is 12.0 Å². The van der Waals surface area contributed by atoms with Crippen molar-refractivity contribution in [2.45, 2.75) is 26.4 Å². The van der Waals surface area contributed by atoms with Gasteiger partial charge < -0.3 is 24.4 Å². The van der Waals surface area contributed by atoms with Gasteiger partial charge in [0.2, 0.25) is 5.91 Å². The molecule has 0 spiro atoms. The number of amides is 2. The van der Waals surface area contributed by atoms with Gasteiger partial charge in [0.1, 0.15) is 0 Å². The molecule has 0 radical (unpaired) electrons. The Kier molecular flexibility index (Phi) is 7.72. The Morgan fingerprint density at radius 1 is 1.11 bits per heavy atom. The zero-order chi connectivity index (χ0) is 19.8. The molecule has 1 aromatic carbocycles. The van der Waals surface area contributed by atoms with E-state index in [2.05, 4.69) is 10.2 Å². The molecule has 0 unspecified atom stereocenters. The summed E-state index contributed by atoms with van der Waals surface area (Å²) in [6.07, 6.45) is -0.289. The molecular weight excluding hydrogens is 350 g/mol. The molecule has 1 heterocycles. The zero-order valence-corrected chi connectivity index (χ0v) is 16.5. The molecule has 0 aromatic heterocycles. The SMILES string of the molecule is CCOC(=O)N1CCN([C@H](C)C(=O)NCc2ccc(OC)c(OC)c2)CC1. The molecule has 2 rings (SSSR count). The summed E-state index contributed by atoms with van der Waals surface area (Å²) >= 11 is 0. The molecule has 150 valence electrons. The van der Waals surface area contributed by atoms with Crippen molar-refractivity contribution < 1.29 is 23.8 Å². The molecule has 1 fully saturated rings. The minimum atomic E-state index is -0.289. The monoisotopic (exact) mass is 379 g/mol. The smallest absolute Gasteiger partial charge is 0.409 e. The van der Waals surface area contributed by atoms with Crippen LogP contribution in [0.4, 0.5) is 4.79 Å². The lowest BCUT2D eigenvalue weighted by Gasteiger charge is -2.36. The van der Waals surface area contributed by atoms with Crippen LogP contribution in [0.2, 0.25) is 0 Å². The molecule has 2 amide bonds. The summed E-state index contributed by atoms with van der Waals surface area (Å²) < 4.78 is 15.5. The molecule has 1 N–H and O–H groups in total. The van der Waals surface area contributed by atoms with Gasteiger partial charge in [-0.3, -0.25) is 9.69 Å². The minimum Gasteiger partial charge on any atom is -0.493 e. The van der Waals surface area contributed by atoms with Crippen molar-refractivity contribution in [2.75, 3.05) is 47.0 Å². The molecule has 0 bridgehead atoms. The van der Waals surface area contributed by atoms with Gasteiger partial charge in [-0.25, -0.2) is 4.79 Å². The van der Waals surface area contributed by atoms with E-state index in [1.54, 1.807) is 26.0 Å². The third-order valence-corrected chi connectivity index (χ3v) is 4.68. The third kappa shape index (κ3) is 5.50. The number of piperazine rings is 1. The van der Waals surface area contributed by atoms with Crippen LogP contribution in [0, 0.1) is 0 Å². The molecule has 0 aliphatic carbocycles. The maximum atomic E-state index is 12.5. The van der Waals surface area contributed by atoms with Crippen LogP contribution < -0.4 is 14.8 Å². The van der Waals surface area contributed by atoms with Gasteiger partial charge in [0, 0.05) is 32.7 Å². The standard InChI is InChI=1S/C19H29N3O5/c1-5-27-19(24)22-10-8-21(9-11-22)14(2)18(23)20-13-15-6-7-16(25-3)17(12-15)26-4/h6-7,12,14H,5,8-11,13H2,1-4H3,(H,20,23)/t14-/m1/s1. The minimum absolute atomic E-state index is 0.0469. The van der Waals surface area contributed by atoms with Gasteiger partial charge in [0.15, 0.2) is 11.5 Å². The van der Waals surface area contributed by atoms with Gasteiger partial charge in [-0.15, -0.1) is 0 Å². The van der Waals surface area contributed by atoms with Crippen LogP contribution in [0.3, 0.4) is 0 Å². The molecule has 1 aliphatic heterocycles. The Balaban J connectivity index is 1.83. The first-order chi connectivity index (χ1) is 13.0. The number of carbonyl (C=O) groups is 2. The molecule has 1 aromatic rings. The molecule has 0 saturated carbocycles. The number of methoxy groups -OCH3 is 2. The molecule has 27 heavy (non-hydrogen) atoms. The second kappa shape index (κ2) is 10.0. The summed E-state index contributed by atoms with van der Waals surface area (Å²) in [6.45, 7) is 6.86. The maximum absolute atomic E-state index is 12.5. The van der Waals surface area contributed by atoms with Crippen molar-refractivity contribution in [3.63, 3.8) is 0 Å². The third-order valence-electron chi connectivity index (χ3n) is 4.68.